The number of ether oxygens (including phenoxy) is 1. The molecule has 8 nitrogen and oxygen atoms in total. The molecule has 0 atom stereocenters. The number of hydrogen-bond acceptors (Lipinski definition) is 6. The lowest BCUT2D eigenvalue weighted by molar-refractivity contribution is 0.411. The Labute approximate surface area is 165 Å². The Morgan fingerprint density at radius 1 is 1.18 bits per heavy atom. The smallest absolute Gasteiger partial charge is 0.255 e. The number of nitrogens with one attached hydrogen (secondary N) is 1. The molecule has 2 heterocycles. The minimum absolute atomic E-state index is 0.0559. The van der Waals surface area contributed by atoms with Gasteiger partial charge in [0.15, 0.2) is 0 Å². The van der Waals surface area contributed by atoms with Crippen molar-refractivity contribution >= 4 is 28.2 Å². The van der Waals surface area contributed by atoms with Crippen LogP contribution < -0.4 is 15.6 Å². The number of nitrogens with zero attached hydrogens (tertiary/aromatic N) is 5. The van der Waals surface area contributed by atoms with E-state index in [0.29, 0.717) is 28.6 Å². The van der Waals surface area contributed by atoms with Crippen molar-refractivity contribution in [1.82, 2.24) is 24.8 Å². The third-order valence-corrected chi connectivity index (χ3v) is 4.75. The summed E-state index contributed by atoms with van der Waals surface area (Å²) in [5, 5.41) is 16.0. The van der Waals surface area contributed by atoms with Gasteiger partial charge in [-0.25, -0.2) is 0 Å². The van der Waals surface area contributed by atoms with Crippen LogP contribution >= 0.6 is 11.6 Å². The minimum atomic E-state index is -0.0559. The molecule has 4 aromatic rings. The summed E-state index contributed by atoms with van der Waals surface area (Å²) in [7, 11) is 3.34. The van der Waals surface area contributed by atoms with Gasteiger partial charge in [-0.2, -0.15) is 4.68 Å². The molecule has 0 aliphatic heterocycles. The second-order valence-corrected chi connectivity index (χ2v) is 6.67. The number of benzene rings is 2. The third-order valence-electron chi connectivity index (χ3n) is 4.52. The van der Waals surface area contributed by atoms with Gasteiger partial charge in [0.25, 0.3) is 5.56 Å². The molecule has 142 valence electrons. The minimum Gasteiger partial charge on any atom is -0.494 e. The molecule has 28 heavy (non-hydrogen) atoms. The number of pyridine rings is 1. The monoisotopic (exact) mass is 396 g/mol. The Balaban J connectivity index is 1.63. The van der Waals surface area contributed by atoms with Crippen LogP contribution in [0, 0.1) is 0 Å². The van der Waals surface area contributed by atoms with Crippen LogP contribution in [0.2, 0.25) is 5.02 Å². The van der Waals surface area contributed by atoms with E-state index >= 15 is 0 Å². The quantitative estimate of drug-likeness (QED) is 0.558. The second kappa shape index (κ2) is 7.32. The molecule has 0 amide bonds. The largest absolute Gasteiger partial charge is 0.494 e. The van der Waals surface area contributed by atoms with Gasteiger partial charge in [0, 0.05) is 41.3 Å². The van der Waals surface area contributed by atoms with Crippen molar-refractivity contribution in [3.8, 4) is 11.4 Å². The Kier molecular flexibility index (Phi) is 4.70. The first-order valence-electron chi connectivity index (χ1n) is 8.50. The fourth-order valence-electron chi connectivity index (χ4n) is 3.09. The number of aryl methyl sites for hydroxylation is 1. The third kappa shape index (κ3) is 3.29. The number of methoxy groups -OCH3 is 1. The standard InChI is InChI=1S/C19H17ClN6O2/c1-25-16-5-3-14(20)8-12(16)7-13(19(25)27)10-21-15-4-6-17(18(9-15)28-2)26-11-22-23-24-26/h3-9,11,21H,10H2,1-2H3. The highest BCUT2D eigenvalue weighted by atomic mass is 35.5. The molecule has 0 aliphatic carbocycles. The van der Waals surface area contributed by atoms with Gasteiger partial charge in [0.1, 0.15) is 17.8 Å². The Bertz CT molecular complexity index is 1200. The van der Waals surface area contributed by atoms with Crippen molar-refractivity contribution in [3.05, 3.63) is 69.7 Å². The van der Waals surface area contributed by atoms with E-state index in [-0.39, 0.29) is 5.56 Å². The molecule has 0 bridgehead atoms. The SMILES string of the molecule is COc1cc(NCc2cc3cc(Cl)ccc3n(C)c2=O)ccc1-n1cnnn1. The first-order valence-corrected chi connectivity index (χ1v) is 8.88. The second-order valence-electron chi connectivity index (χ2n) is 6.23. The zero-order valence-electron chi connectivity index (χ0n) is 15.3. The molecular weight excluding hydrogens is 380 g/mol. The summed E-state index contributed by atoms with van der Waals surface area (Å²) in [5.41, 5.74) is 2.95. The van der Waals surface area contributed by atoms with E-state index in [1.54, 1.807) is 24.8 Å². The Hall–Kier alpha value is -3.39. The molecule has 2 aromatic heterocycles. The van der Waals surface area contributed by atoms with Gasteiger partial charge in [-0.05, 0) is 46.8 Å². The van der Waals surface area contributed by atoms with Crippen molar-refractivity contribution < 1.29 is 4.74 Å². The van der Waals surface area contributed by atoms with Gasteiger partial charge in [0.05, 0.1) is 12.6 Å². The van der Waals surface area contributed by atoms with Crippen molar-refractivity contribution in [2.75, 3.05) is 12.4 Å². The van der Waals surface area contributed by atoms with Gasteiger partial charge >= 0.3 is 0 Å². The maximum atomic E-state index is 12.7. The lowest BCUT2D eigenvalue weighted by atomic mass is 10.1. The number of aromatic nitrogens is 5. The van der Waals surface area contributed by atoms with Crippen LogP contribution in [0.1, 0.15) is 5.56 Å². The number of rotatable bonds is 5. The number of halogens is 1. The van der Waals surface area contributed by atoms with Crippen LogP contribution in [0.3, 0.4) is 0 Å². The van der Waals surface area contributed by atoms with Gasteiger partial charge in [-0.1, -0.05) is 11.6 Å². The first-order chi connectivity index (χ1) is 13.6. The van der Waals surface area contributed by atoms with Crippen LogP contribution in [0.15, 0.2) is 53.6 Å². The van der Waals surface area contributed by atoms with E-state index in [9.17, 15) is 4.79 Å². The molecular formula is C19H17ClN6O2. The lowest BCUT2D eigenvalue weighted by Crippen LogP contribution is -2.23. The van der Waals surface area contributed by atoms with Crippen LogP contribution in [-0.4, -0.2) is 31.9 Å². The molecule has 1 N–H and O–H groups in total. The molecule has 0 spiro atoms. The fourth-order valence-corrected chi connectivity index (χ4v) is 3.27. The van der Waals surface area contributed by atoms with E-state index in [0.717, 1.165) is 16.6 Å². The molecule has 9 heteroatoms. The molecule has 0 radical (unpaired) electrons. The number of fused-ring (bicyclic) bond motifs is 1. The van der Waals surface area contributed by atoms with E-state index in [1.807, 2.05) is 36.4 Å². The van der Waals surface area contributed by atoms with Gasteiger partial charge in [-0.3, -0.25) is 4.79 Å². The van der Waals surface area contributed by atoms with Crippen LogP contribution in [0.25, 0.3) is 16.6 Å². The molecule has 4 rings (SSSR count). The maximum absolute atomic E-state index is 12.7. The zero-order chi connectivity index (χ0) is 19.7. The van der Waals surface area contributed by atoms with Crippen LogP contribution in [-0.2, 0) is 13.6 Å². The van der Waals surface area contributed by atoms with Crippen LogP contribution in [0.4, 0.5) is 5.69 Å². The summed E-state index contributed by atoms with van der Waals surface area (Å²) < 4.78 is 8.59. The van der Waals surface area contributed by atoms with Crippen LogP contribution in [0.5, 0.6) is 5.75 Å². The summed E-state index contributed by atoms with van der Waals surface area (Å²) in [4.78, 5) is 12.7. The topological polar surface area (TPSA) is 86.9 Å². The summed E-state index contributed by atoms with van der Waals surface area (Å²) in [5.74, 6) is 0.607. The molecule has 0 saturated heterocycles. The molecule has 0 aliphatic rings. The van der Waals surface area contributed by atoms with Crippen molar-refractivity contribution in [3.63, 3.8) is 0 Å². The highest BCUT2D eigenvalue weighted by Crippen LogP contribution is 2.26. The zero-order valence-corrected chi connectivity index (χ0v) is 16.0. The van der Waals surface area contributed by atoms with Crippen molar-refractivity contribution in [2.45, 2.75) is 6.54 Å². The van der Waals surface area contributed by atoms with E-state index < -0.39 is 0 Å². The van der Waals surface area contributed by atoms with E-state index in [2.05, 4.69) is 20.8 Å². The average molecular weight is 397 g/mol. The molecule has 2 aromatic carbocycles. The lowest BCUT2D eigenvalue weighted by Gasteiger charge is -2.13. The number of anilines is 1. The maximum Gasteiger partial charge on any atom is 0.255 e. The number of hydrogen-bond donors (Lipinski definition) is 1. The Morgan fingerprint density at radius 3 is 2.79 bits per heavy atom. The highest BCUT2D eigenvalue weighted by Gasteiger charge is 2.10. The molecule has 0 unspecified atom stereocenters. The number of tetrazole rings is 1. The molecule has 0 saturated carbocycles. The highest BCUT2D eigenvalue weighted by molar-refractivity contribution is 6.31. The summed E-state index contributed by atoms with van der Waals surface area (Å²) in [6.07, 6.45) is 1.49. The van der Waals surface area contributed by atoms with Crippen molar-refractivity contribution in [2.24, 2.45) is 7.05 Å². The summed E-state index contributed by atoms with van der Waals surface area (Å²) in [6, 6.07) is 12.9. The van der Waals surface area contributed by atoms with Gasteiger partial charge in [0.2, 0.25) is 0 Å². The summed E-state index contributed by atoms with van der Waals surface area (Å²) >= 11 is 6.09. The van der Waals surface area contributed by atoms with E-state index in [4.69, 9.17) is 16.3 Å². The Morgan fingerprint density at radius 2 is 2.04 bits per heavy atom. The first kappa shape index (κ1) is 18.0. The average Bonchev–Trinajstić information content (AvgIpc) is 3.24. The normalized spacial score (nSPS) is 11.0. The van der Waals surface area contributed by atoms with Gasteiger partial charge in [-0.15, -0.1) is 5.10 Å². The van der Waals surface area contributed by atoms with Gasteiger partial charge < -0.3 is 14.6 Å². The predicted molar refractivity (Wildman–Crippen MR) is 107 cm³/mol. The fraction of sp³-hybridized carbons (Fsp3) is 0.158. The predicted octanol–water partition coefficient (Wildman–Crippen LogP) is 2.79. The van der Waals surface area contributed by atoms with E-state index in [1.165, 1.54) is 11.0 Å². The molecule has 0 fully saturated rings. The van der Waals surface area contributed by atoms with Crippen molar-refractivity contribution in [1.29, 1.82) is 0 Å². The summed E-state index contributed by atoms with van der Waals surface area (Å²) in [6.45, 7) is 0.364.